The normalized spacial score (nSPS) is 13.6. The summed E-state index contributed by atoms with van der Waals surface area (Å²) in [7, 11) is 0. The number of rotatable bonds is 2. The number of hydrogen-bond donors (Lipinski definition) is 0. The summed E-state index contributed by atoms with van der Waals surface area (Å²) in [5.74, 6) is 2.78. The first-order valence-corrected chi connectivity index (χ1v) is 20.0. The van der Waals surface area contributed by atoms with Crippen LogP contribution in [0.2, 0.25) is 0 Å². The van der Waals surface area contributed by atoms with Crippen molar-refractivity contribution in [1.29, 1.82) is 0 Å². The Morgan fingerprint density at radius 2 is 1.24 bits per heavy atom. The third-order valence-electron chi connectivity index (χ3n) is 12.6. The lowest BCUT2D eigenvalue weighted by Crippen LogP contribution is -2.56. The monoisotopic (exact) mass is 746 g/mol. The van der Waals surface area contributed by atoms with Crippen molar-refractivity contribution in [3.8, 4) is 45.3 Å². The molecule has 10 aromatic rings. The predicted octanol–water partition coefficient (Wildman–Crippen LogP) is 13.0. The largest absolute Gasteiger partial charge is 0.450 e. The van der Waals surface area contributed by atoms with Gasteiger partial charge in [-0.05, 0) is 80.9 Å². The molecule has 0 saturated heterocycles. The minimum atomic E-state index is -0.239. The smallest absolute Gasteiger partial charge is 0.336 e. The fourth-order valence-electron chi connectivity index (χ4n) is 9.95. The number of anilines is 3. The highest BCUT2D eigenvalue weighted by Gasteiger charge is 2.46. The van der Waals surface area contributed by atoms with Crippen LogP contribution < -0.4 is 25.3 Å². The number of fused-ring (bicyclic) bond motifs is 13. The molecule has 6 heteroatoms. The van der Waals surface area contributed by atoms with Crippen LogP contribution in [-0.4, -0.2) is 11.3 Å². The van der Waals surface area contributed by atoms with Crippen molar-refractivity contribution in [2.24, 2.45) is 0 Å². The molecule has 2 aromatic heterocycles. The average Bonchev–Trinajstić information content (AvgIpc) is 3.79. The number of nitrogens with zero attached hydrogens (tertiary/aromatic N) is 2. The van der Waals surface area contributed by atoms with E-state index in [0.717, 1.165) is 50.2 Å². The minimum Gasteiger partial charge on any atom is -0.450 e. The zero-order valence-electron chi connectivity index (χ0n) is 32.2. The maximum atomic E-state index is 6.95. The maximum Gasteiger partial charge on any atom is 0.336 e. The topological polar surface area (TPSA) is 39.8 Å². The van der Waals surface area contributed by atoms with Gasteiger partial charge in [0.15, 0.2) is 28.7 Å². The van der Waals surface area contributed by atoms with E-state index in [1.165, 1.54) is 49.4 Å². The summed E-state index contributed by atoms with van der Waals surface area (Å²) in [5.41, 5.74) is 14.6. The van der Waals surface area contributed by atoms with Gasteiger partial charge in [0.25, 0.3) is 0 Å². The van der Waals surface area contributed by atoms with Crippen molar-refractivity contribution in [3.05, 3.63) is 163 Å². The molecule has 58 heavy (non-hydrogen) atoms. The molecule has 0 amide bonds. The lowest BCUT2D eigenvalue weighted by Gasteiger charge is -2.42. The molecule has 8 aromatic carbocycles. The summed E-state index contributed by atoms with van der Waals surface area (Å²) in [6, 6.07) is 56.6. The Balaban J connectivity index is 1.21. The van der Waals surface area contributed by atoms with Gasteiger partial charge in [0, 0.05) is 44.6 Å². The Morgan fingerprint density at radius 3 is 2.05 bits per heavy atom. The van der Waals surface area contributed by atoms with E-state index in [1.54, 1.807) is 0 Å². The van der Waals surface area contributed by atoms with E-state index >= 15 is 0 Å². The van der Waals surface area contributed by atoms with Crippen molar-refractivity contribution < 1.29 is 13.9 Å². The Bertz CT molecular complexity index is 3410. The summed E-state index contributed by atoms with van der Waals surface area (Å²) < 4.78 is 22.9. The number of benzene rings is 8. The van der Waals surface area contributed by atoms with Gasteiger partial charge in [0.2, 0.25) is 0 Å². The van der Waals surface area contributed by atoms with E-state index in [2.05, 4.69) is 164 Å². The van der Waals surface area contributed by atoms with Crippen molar-refractivity contribution in [3.63, 3.8) is 0 Å². The van der Waals surface area contributed by atoms with Gasteiger partial charge >= 0.3 is 6.85 Å². The Hall–Kier alpha value is -7.18. The molecule has 0 radical (unpaired) electrons. The number of furan rings is 1. The summed E-state index contributed by atoms with van der Waals surface area (Å²) in [6.07, 6.45) is 0. The van der Waals surface area contributed by atoms with E-state index in [0.29, 0.717) is 23.0 Å². The van der Waals surface area contributed by atoms with Gasteiger partial charge in [-0.3, -0.25) is 0 Å². The van der Waals surface area contributed by atoms with Crippen LogP contribution in [0.15, 0.2) is 162 Å². The second kappa shape index (κ2) is 11.2. The molecule has 0 fully saturated rings. The van der Waals surface area contributed by atoms with E-state index in [-0.39, 0.29) is 12.3 Å². The molecule has 3 aliphatic heterocycles. The minimum absolute atomic E-state index is 0.0509. The molecule has 13 rings (SSSR count). The summed E-state index contributed by atoms with van der Waals surface area (Å²) in [5, 5.41) is 5.83. The van der Waals surface area contributed by atoms with Gasteiger partial charge in [0.1, 0.15) is 5.58 Å². The number of hydrogen-bond acceptors (Lipinski definition) is 4. The molecule has 0 spiro atoms. The predicted molar refractivity (Wildman–Crippen MR) is 238 cm³/mol. The van der Waals surface area contributed by atoms with Gasteiger partial charge in [0.05, 0.1) is 16.8 Å². The molecule has 0 bridgehead atoms. The zero-order valence-corrected chi connectivity index (χ0v) is 32.2. The summed E-state index contributed by atoms with van der Waals surface area (Å²) >= 11 is 0. The van der Waals surface area contributed by atoms with Crippen LogP contribution in [0.4, 0.5) is 17.1 Å². The first-order valence-electron chi connectivity index (χ1n) is 20.0. The van der Waals surface area contributed by atoms with Gasteiger partial charge in [-0.25, -0.2) is 0 Å². The quantitative estimate of drug-likeness (QED) is 0.165. The van der Waals surface area contributed by atoms with Crippen LogP contribution in [0.1, 0.15) is 26.3 Å². The highest BCUT2D eigenvalue weighted by molar-refractivity contribution is 6.90. The molecule has 274 valence electrons. The maximum absolute atomic E-state index is 6.95. The number of para-hydroxylation sites is 4. The lowest BCUT2D eigenvalue weighted by atomic mass is 9.45. The van der Waals surface area contributed by atoms with Crippen molar-refractivity contribution in [2.45, 2.75) is 26.2 Å². The fraction of sp³-hybridized carbons (Fsp3) is 0.0769. The first kappa shape index (κ1) is 32.0. The molecule has 0 aliphatic carbocycles. The summed E-state index contributed by atoms with van der Waals surface area (Å²) in [4.78, 5) is 2.51. The molecule has 0 unspecified atom stereocenters. The SMILES string of the molecule is CC(C)(C)c1ccc(N2c3cc4c(cc3B3c5c(cc6ccccc6c52)-c2cccc5c6c7ccccc7oc6n3c25)Oc2ccccc2O4)c(-c2ccccc2)c1. The van der Waals surface area contributed by atoms with Crippen LogP contribution in [0.5, 0.6) is 23.0 Å². The second-order valence-corrected chi connectivity index (χ2v) is 16.9. The second-order valence-electron chi connectivity index (χ2n) is 16.9. The van der Waals surface area contributed by atoms with E-state index in [1.807, 2.05) is 24.3 Å². The molecule has 5 nitrogen and oxygen atoms in total. The van der Waals surface area contributed by atoms with E-state index < -0.39 is 0 Å². The summed E-state index contributed by atoms with van der Waals surface area (Å²) in [6.45, 7) is 6.62. The van der Waals surface area contributed by atoms with Crippen LogP contribution >= 0.6 is 0 Å². The highest BCUT2D eigenvalue weighted by atomic mass is 16.6. The number of ether oxygens (including phenoxy) is 2. The third kappa shape index (κ3) is 4.21. The first-order chi connectivity index (χ1) is 28.4. The molecular weight excluding hydrogens is 711 g/mol. The standard InChI is InChI=1S/C52H35BN2O3/c1-52(2,3)32-24-25-40(37(27-32)30-14-5-4-6-15-30)54-41-29-46-45(56-43-22-11-12-23-44(43)57-46)28-39(41)53-48-38(26-31-16-7-8-17-33(31)50(48)54)34-19-13-20-36-47-35-18-9-10-21-42(35)58-51(47)55(53)49(34)36/h4-29H,1-3H3. The molecule has 0 saturated carbocycles. The lowest BCUT2D eigenvalue weighted by molar-refractivity contribution is 0.360. The van der Waals surface area contributed by atoms with E-state index in [4.69, 9.17) is 13.9 Å². The van der Waals surface area contributed by atoms with Gasteiger partial charge in [-0.2, -0.15) is 0 Å². The fourth-order valence-corrected chi connectivity index (χ4v) is 9.95. The van der Waals surface area contributed by atoms with Gasteiger partial charge in [-0.1, -0.05) is 130 Å². The number of aromatic nitrogens is 1. The molecular formula is C52H35BN2O3. The van der Waals surface area contributed by atoms with Crippen LogP contribution in [-0.2, 0) is 5.41 Å². The van der Waals surface area contributed by atoms with Crippen molar-refractivity contribution in [2.75, 3.05) is 4.90 Å². The zero-order chi connectivity index (χ0) is 38.4. The van der Waals surface area contributed by atoms with E-state index in [9.17, 15) is 0 Å². The van der Waals surface area contributed by atoms with Crippen LogP contribution in [0.25, 0.3) is 66.0 Å². The van der Waals surface area contributed by atoms with Gasteiger partial charge in [-0.15, -0.1) is 0 Å². The third-order valence-corrected chi connectivity index (χ3v) is 12.6. The van der Waals surface area contributed by atoms with Crippen LogP contribution in [0.3, 0.4) is 0 Å². The van der Waals surface area contributed by atoms with Crippen LogP contribution in [0, 0.1) is 0 Å². The Labute approximate surface area is 335 Å². The Kier molecular flexibility index (Phi) is 6.19. The molecule has 0 atom stereocenters. The van der Waals surface area contributed by atoms with Gasteiger partial charge < -0.3 is 23.3 Å². The molecule has 3 aliphatic rings. The average molecular weight is 747 g/mol. The van der Waals surface area contributed by atoms with Crippen molar-refractivity contribution >= 4 is 78.6 Å². The molecule has 5 heterocycles. The Morgan fingerprint density at radius 1 is 0.534 bits per heavy atom. The highest BCUT2D eigenvalue weighted by Crippen LogP contribution is 2.54. The van der Waals surface area contributed by atoms with Crippen molar-refractivity contribution in [1.82, 2.24) is 4.48 Å². The molecule has 0 N–H and O–H groups in total.